The molecule has 1 unspecified atom stereocenters. The molecular formula is C22H24N2O3. The van der Waals surface area contributed by atoms with Crippen molar-refractivity contribution < 1.29 is 14.7 Å². The molecule has 27 heavy (non-hydrogen) atoms. The second-order valence-electron chi connectivity index (χ2n) is 7.37. The topological polar surface area (TPSA) is 70.5 Å². The minimum Gasteiger partial charge on any atom is -0.503 e. The summed E-state index contributed by atoms with van der Waals surface area (Å²) in [7, 11) is 0. The number of anilines is 1. The average molecular weight is 364 g/mol. The van der Waals surface area contributed by atoms with Crippen LogP contribution in [0.25, 0.3) is 0 Å². The van der Waals surface area contributed by atoms with Gasteiger partial charge in [-0.3, -0.25) is 19.5 Å². The minimum atomic E-state index is -0.682. The molecule has 140 valence electrons. The van der Waals surface area contributed by atoms with Crippen LogP contribution in [0.4, 0.5) is 5.69 Å². The molecule has 1 aromatic carbocycles. The second kappa shape index (κ2) is 7.35. The van der Waals surface area contributed by atoms with E-state index < -0.39 is 17.7 Å². The molecule has 0 spiro atoms. The fourth-order valence-corrected chi connectivity index (χ4v) is 3.47. The molecule has 2 aromatic rings. The van der Waals surface area contributed by atoms with Crippen LogP contribution >= 0.6 is 0 Å². The third-order valence-electron chi connectivity index (χ3n) is 4.94. The van der Waals surface area contributed by atoms with Gasteiger partial charge in [-0.25, -0.2) is 0 Å². The number of aryl methyl sites for hydroxylation is 1. The lowest BCUT2D eigenvalue weighted by Crippen LogP contribution is -2.32. The molecule has 3 rings (SSSR count). The van der Waals surface area contributed by atoms with Gasteiger partial charge in [0.1, 0.15) is 0 Å². The van der Waals surface area contributed by atoms with Gasteiger partial charge < -0.3 is 5.11 Å². The molecule has 5 nitrogen and oxygen atoms in total. The van der Waals surface area contributed by atoms with Crippen LogP contribution in [0.5, 0.6) is 0 Å². The third kappa shape index (κ3) is 3.37. The van der Waals surface area contributed by atoms with E-state index in [0.717, 1.165) is 11.1 Å². The Morgan fingerprint density at radius 1 is 1.22 bits per heavy atom. The normalized spacial score (nSPS) is 17.1. The first-order chi connectivity index (χ1) is 12.8. The van der Waals surface area contributed by atoms with Crippen LogP contribution < -0.4 is 4.90 Å². The Morgan fingerprint density at radius 2 is 1.96 bits per heavy atom. The number of nitrogens with zero attached hydrogens (tertiary/aromatic N) is 2. The number of hydrogen-bond acceptors (Lipinski definition) is 4. The summed E-state index contributed by atoms with van der Waals surface area (Å²) < 4.78 is 0. The van der Waals surface area contributed by atoms with Crippen LogP contribution in [0.1, 0.15) is 43.0 Å². The van der Waals surface area contributed by atoms with Crippen molar-refractivity contribution in [1.82, 2.24) is 4.98 Å². The lowest BCUT2D eigenvalue weighted by Gasteiger charge is -2.28. The van der Waals surface area contributed by atoms with E-state index in [0.29, 0.717) is 11.3 Å². The first-order valence-corrected chi connectivity index (χ1v) is 9.09. The van der Waals surface area contributed by atoms with E-state index in [-0.39, 0.29) is 23.7 Å². The Morgan fingerprint density at radius 3 is 2.59 bits per heavy atom. The number of aliphatic hydroxyl groups excluding tert-OH is 1. The van der Waals surface area contributed by atoms with Crippen molar-refractivity contribution in [1.29, 1.82) is 0 Å². The maximum absolute atomic E-state index is 13.0. The van der Waals surface area contributed by atoms with E-state index >= 15 is 0 Å². The summed E-state index contributed by atoms with van der Waals surface area (Å²) >= 11 is 0. The number of Topliss-reactive ketones (excluding diaryl/α,β-unsaturated/α-hetero) is 1. The Bertz CT molecular complexity index is 916. The lowest BCUT2D eigenvalue weighted by atomic mass is 9.92. The largest absolute Gasteiger partial charge is 0.503 e. The minimum absolute atomic E-state index is 0.122. The number of aromatic nitrogens is 1. The molecule has 1 aliphatic rings. The summed E-state index contributed by atoms with van der Waals surface area (Å²) in [6, 6.07) is 8.59. The average Bonchev–Trinajstić information content (AvgIpc) is 2.89. The standard InChI is InChI=1S/C22H24N2O3/c1-13(2)11-18(25)19-20(16-8-6-10-23-12-16)24(22(27)21(19)26)17-9-5-7-14(3)15(17)4/h5-10,12-13,20,26H,11H2,1-4H3. The van der Waals surface area contributed by atoms with Gasteiger partial charge in [-0.1, -0.05) is 32.0 Å². The molecule has 1 amide bonds. The van der Waals surface area contributed by atoms with E-state index in [2.05, 4.69) is 4.98 Å². The van der Waals surface area contributed by atoms with Gasteiger partial charge in [0, 0.05) is 24.5 Å². The predicted octanol–water partition coefficient (Wildman–Crippen LogP) is 4.21. The molecule has 1 aromatic heterocycles. The van der Waals surface area contributed by atoms with Crippen molar-refractivity contribution in [2.75, 3.05) is 4.90 Å². The van der Waals surface area contributed by atoms with Crippen LogP contribution in [0.2, 0.25) is 0 Å². The van der Waals surface area contributed by atoms with E-state index in [9.17, 15) is 14.7 Å². The van der Waals surface area contributed by atoms with Gasteiger partial charge in [0.25, 0.3) is 5.91 Å². The molecule has 1 aliphatic heterocycles. The molecular weight excluding hydrogens is 340 g/mol. The van der Waals surface area contributed by atoms with Crippen molar-refractivity contribution >= 4 is 17.4 Å². The number of pyridine rings is 1. The van der Waals surface area contributed by atoms with Crippen LogP contribution in [-0.2, 0) is 9.59 Å². The van der Waals surface area contributed by atoms with Crippen LogP contribution in [-0.4, -0.2) is 21.8 Å². The van der Waals surface area contributed by atoms with E-state index in [1.165, 1.54) is 4.90 Å². The summed E-state index contributed by atoms with van der Waals surface area (Å²) in [4.78, 5) is 31.6. The van der Waals surface area contributed by atoms with Gasteiger partial charge in [-0.05, 0) is 48.6 Å². The summed E-state index contributed by atoms with van der Waals surface area (Å²) in [6.07, 6.45) is 3.54. The maximum atomic E-state index is 13.0. The number of carbonyl (C=O) groups excluding carboxylic acids is 2. The summed E-state index contributed by atoms with van der Waals surface area (Å²) in [5.74, 6) is -1.10. The Balaban J connectivity index is 2.18. The molecule has 0 fully saturated rings. The van der Waals surface area contributed by atoms with Crippen molar-refractivity contribution in [3.8, 4) is 0 Å². The number of amides is 1. The van der Waals surface area contributed by atoms with E-state index in [1.807, 2.05) is 52.0 Å². The highest BCUT2D eigenvalue weighted by Crippen LogP contribution is 2.42. The zero-order chi connectivity index (χ0) is 19.7. The highest BCUT2D eigenvalue weighted by molar-refractivity contribution is 6.16. The molecule has 5 heteroatoms. The lowest BCUT2D eigenvalue weighted by molar-refractivity contribution is -0.118. The Hall–Kier alpha value is -2.95. The summed E-state index contributed by atoms with van der Waals surface area (Å²) in [6.45, 7) is 7.78. The van der Waals surface area contributed by atoms with Crippen molar-refractivity contribution in [2.24, 2.45) is 5.92 Å². The van der Waals surface area contributed by atoms with E-state index in [4.69, 9.17) is 0 Å². The second-order valence-corrected chi connectivity index (χ2v) is 7.37. The smallest absolute Gasteiger partial charge is 0.294 e. The van der Waals surface area contributed by atoms with Gasteiger partial charge in [-0.2, -0.15) is 0 Å². The van der Waals surface area contributed by atoms with Crippen molar-refractivity contribution in [3.63, 3.8) is 0 Å². The van der Waals surface area contributed by atoms with Gasteiger partial charge >= 0.3 is 0 Å². The van der Waals surface area contributed by atoms with Crippen LogP contribution in [0, 0.1) is 19.8 Å². The molecule has 0 radical (unpaired) electrons. The molecule has 0 bridgehead atoms. The zero-order valence-electron chi connectivity index (χ0n) is 16.1. The number of hydrogen-bond donors (Lipinski definition) is 1. The van der Waals surface area contributed by atoms with Gasteiger partial charge in [0.05, 0.1) is 11.6 Å². The van der Waals surface area contributed by atoms with Gasteiger partial charge in [0.15, 0.2) is 11.5 Å². The SMILES string of the molecule is Cc1cccc(N2C(=O)C(O)=C(C(=O)CC(C)C)C2c2cccnc2)c1C. The highest BCUT2D eigenvalue weighted by atomic mass is 16.3. The molecule has 0 saturated heterocycles. The van der Waals surface area contributed by atoms with Gasteiger partial charge in [-0.15, -0.1) is 0 Å². The van der Waals surface area contributed by atoms with Gasteiger partial charge in [0.2, 0.25) is 0 Å². The molecule has 0 saturated carbocycles. The monoisotopic (exact) mass is 364 g/mol. The number of aliphatic hydroxyl groups is 1. The van der Waals surface area contributed by atoms with Crippen LogP contribution in [0.3, 0.4) is 0 Å². The first-order valence-electron chi connectivity index (χ1n) is 9.09. The Kier molecular flexibility index (Phi) is 5.13. The Labute approximate surface area is 159 Å². The summed E-state index contributed by atoms with van der Waals surface area (Å²) in [5, 5.41) is 10.6. The predicted molar refractivity (Wildman–Crippen MR) is 104 cm³/mol. The molecule has 0 aliphatic carbocycles. The molecule has 1 atom stereocenters. The zero-order valence-corrected chi connectivity index (χ0v) is 16.1. The fraction of sp³-hybridized carbons (Fsp3) is 0.318. The van der Waals surface area contributed by atoms with E-state index in [1.54, 1.807) is 18.5 Å². The van der Waals surface area contributed by atoms with Crippen molar-refractivity contribution in [3.05, 3.63) is 70.7 Å². The number of carbonyl (C=O) groups is 2. The highest BCUT2D eigenvalue weighted by Gasteiger charge is 2.44. The van der Waals surface area contributed by atoms with Crippen molar-refractivity contribution in [2.45, 2.75) is 40.2 Å². The molecule has 2 heterocycles. The third-order valence-corrected chi connectivity index (χ3v) is 4.94. The number of rotatable bonds is 5. The van der Waals surface area contributed by atoms with Crippen LogP contribution in [0.15, 0.2) is 54.1 Å². The quantitative estimate of drug-likeness (QED) is 0.862. The number of benzene rings is 1. The maximum Gasteiger partial charge on any atom is 0.294 e. The fourth-order valence-electron chi connectivity index (χ4n) is 3.47. The summed E-state index contributed by atoms with van der Waals surface area (Å²) in [5.41, 5.74) is 3.51. The number of ketones is 1. The molecule has 1 N–H and O–H groups in total. The first kappa shape index (κ1) is 18.8.